The number of carbonyl (C=O) groups is 5. The molecule has 5 amide bonds. The number of nitrogens with two attached hydrogens (primary N) is 2. The number of nitrogen functional groups attached to an aromatic ring is 1. The number of fused-ring (bicyclic) bond motifs is 6. The number of rotatable bonds is 24. The minimum absolute atomic E-state index is 0.0178. The number of nitrogens with one attached hydrogen (secondary N) is 3. The largest absolute Gasteiger partial charge is 0.491 e. The molecule has 0 radical (unpaired) electrons. The Morgan fingerprint density at radius 2 is 1.63 bits per heavy atom. The Bertz CT molecular complexity index is 2740. The van der Waals surface area contributed by atoms with Gasteiger partial charge in [-0.25, -0.2) is 14.4 Å². The lowest BCUT2D eigenvalue weighted by molar-refractivity contribution is -0.146. The molecule has 4 atom stereocenters. The summed E-state index contributed by atoms with van der Waals surface area (Å²) >= 11 is 0. The molecule has 76 heavy (non-hydrogen) atoms. The summed E-state index contributed by atoms with van der Waals surface area (Å²) in [6, 6.07) is 9.11. The number of carbonyl (C=O) groups excluding carboxylic acids is 5. The first-order valence-electron chi connectivity index (χ1n) is 25.0. The summed E-state index contributed by atoms with van der Waals surface area (Å²) in [7, 11) is 3.23. The van der Waals surface area contributed by atoms with Gasteiger partial charge in [0.1, 0.15) is 42.4 Å². The van der Waals surface area contributed by atoms with Crippen molar-refractivity contribution in [3.05, 3.63) is 82.1 Å². The maximum absolute atomic E-state index is 14.4. The van der Waals surface area contributed by atoms with Gasteiger partial charge < -0.3 is 65.6 Å². The third-order valence-electron chi connectivity index (χ3n) is 12.8. The van der Waals surface area contributed by atoms with E-state index in [0.29, 0.717) is 56.6 Å². The third kappa shape index (κ3) is 15.2. The van der Waals surface area contributed by atoms with Crippen LogP contribution >= 0.6 is 0 Å². The zero-order valence-electron chi connectivity index (χ0n) is 44.1. The average Bonchev–Trinajstić information content (AvgIpc) is 3.74. The van der Waals surface area contributed by atoms with Gasteiger partial charge in [0.05, 0.1) is 95.1 Å². The minimum Gasteiger partial charge on any atom is -0.491 e. The van der Waals surface area contributed by atoms with E-state index in [1.807, 2.05) is 32.9 Å². The highest BCUT2D eigenvalue weighted by atomic mass is 19.1. The van der Waals surface area contributed by atoms with Crippen molar-refractivity contribution in [2.45, 2.75) is 91.3 Å². The molecule has 2 aromatic carbocycles. The second-order valence-electron chi connectivity index (χ2n) is 19.3. The van der Waals surface area contributed by atoms with E-state index < -0.39 is 53.2 Å². The van der Waals surface area contributed by atoms with E-state index in [9.17, 15) is 33.6 Å². The van der Waals surface area contributed by atoms with Crippen LogP contribution in [-0.4, -0.2) is 157 Å². The van der Waals surface area contributed by atoms with Crippen molar-refractivity contribution in [3.63, 3.8) is 0 Å². The molecular formula is C52H69FN12O11. The number of nitriles is 1. The highest BCUT2D eigenvalue weighted by Crippen LogP contribution is 2.34. The lowest BCUT2D eigenvalue weighted by atomic mass is 9.84. The fraction of sp³-hybridized carbons (Fsp3) is 0.519. The first-order chi connectivity index (χ1) is 36.3. The lowest BCUT2D eigenvalue weighted by Gasteiger charge is -2.40. The quantitative estimate of drug-likeness (QED) is 0.0628. The summed E-state index contributed by atoms with van der Waals surface area (Å²) in [4.78, 5) is 77.5. The summed E-state index contributed by atoms with van der Waals surface area (Å²) in [6.45, 7) is 11.9. The van der Waals surface area contributed by atoms with Crippen molar-refractivity contribution in [1.82, 2.24) is 45.5 Å². The Kier molecular flexibility index (Phi) is 20.6. The van der Waals surface area contributed by atoms with Gasteiger partial charge in [0.2, 0.25) is 23.6 Å². The summed E-state index contributed by atoms with van der Waals surface area (Å²) in [5, 5.41) is 23.2. The van der Waals surface area contributed by atoms with E-state index in [-0.39, 0.29) is 105 Å². The Morgan fingerprint density at radius 1 is 0.961 bits per heavy atom. The number of primary amides is 1. The second kappa shape index (κ2) is 27.0. The van der Waals surface area contributed by atoms with Gasteiger partial charge in [0.25, 0.3) is 11.8 Å². The normalized spacial score (nSPS) is 16.1. The number of hydrogen-bond donors (Lipinski definition) is 5. The fourth-order valence-corrected chi connectivity index (χ4v) is 8.46. The zero-order valence-corrected chi connectivity index (χ0v) is 44.1. The van der Waals surface area contributed by atoms with Gasteiger partial charge in [-0.05, 0) is 67.8 Å². The predicted molar refractivity (Wildman–Crippen MR) is 274 cm³/mol. The van der Waals surface area contributed by atoms with Crippen LogP contribution < -0.4 is 36.9 Å². The Balaban J connectivity index is 0.850. The zero-order chi connectivity index (χ0) is 55.1. The highest BCUT2D eigenvalue weighted by molar-refractivity contribution is 5.96. The number of ether oxygens (including phenoxy) is 6. The number of nitrogens with zero attached hydrogens (tertiary/aromatic N) is 7. The molecule has 4 aromatic rings. The molecule has 0 spiro atoms. The summed E-state index contributed by atoms with van der Waals surface area (Å²) in [5.41, 5.74) is 14.4. The van der Waals surface area contributed by atoms with Crippen LogP contribution in [0, 0.1) is 22.6 Å². The minimum atomic E-state index is -0.897. The Hall–Kier alpha value is -7.30. The maximum atomic E-state index is 14.4. The third-order valence-corrected chi connectivity index (χ3v) is 12.8. The molecule has 410 valence electrons. The topological polar surface area (TPSA) is 303 Å². The van der Waals surface area contributed by atoms with Crippen molar-refractivity contribution in [2.24, 2.45) is 11.1 Å². The molecule has 6 rings (SSSR count). The number of benzene rings is 2. The van der Waals surface area contributed by atoms with E-state index >= 15 is 0 Å². The molecule has 24 heteroatoms. The first-order valence-corrected chi connectivity index (χ1v) is 25.0. The van der Waals surface area contributed by atoms with Crippen molar-refractivity contribution in [3.8, 4) is 29.0 Å². The second-order valence-corrected chi connectivity index (χ2v) is 19.3. The molecule has 2 aliphatic rings. The number of amides is 5. The average molecular weight is 1060 g/mol. The number of halogens is 1. The number of aromatic nitrogens is 4. The Morgan fingerprint density at radius 3 is 2.28 bits per heavy atom. The monoisotopic (exact) mass is 1060 g/mol. The van der Waals surface area contributed by atoms with Gasteiger partial charge in [0, 0.05) is 44.1 Å². The van der Waals surface area contributed by atoms with E-state index in [1.165, 1.54) is 38.9 Å². The fourth-order valence-electron chi connectivity index (χ4n) is 8.46. The van der Waals surface area contributed by atoms with Crippen LogP contribution in [0.15, 0.2) is 42.6 Å². The molecule has 4 heterocycles. The SMILES string of the molecule is CN[C@H](C)C(=O)N[C@@H](C(=O)N1Cc2cc(OCCOCCOCCOCCOCCC(=O)NCCn3nc(C#N)c4c3CN(C)C(=O)c3ccc(F)cc3[C@@H](C)Oc3nc-4cnc3N)ccc2C[C@@H]1C(N)=O)C(C)(C)C. The molecule has 2 bridgehead atoms. The highest BCUT2D eigenvalue weighted by Gasteiger charge is 2.42. The van der Waals surface area contributed by atoms with E-state index in [2.05, 4.69) is 37.1 Å². The molecule has 0 saturated heterocycles. The first kappa shape index (κ1) is 58.0. The van der Waals surface area contributed by atoms with Crippen molar-refractivity contribution in [1.29, 1.82) is 5.26 Å². The summed E-state index contributed by atoms with van der Waals surface area (Å²) < 4.78 is 50.3. The van der Waals surface area contributed by atoms with Crippen molar-refractivity contribution >= 4 is 35.4 Å². The maximum Gasteiger partial charge on any atom is 0.258 e. The molecule has 2 aliphatic heterocycles. The van der Waals surface area contributed by atoms with Gasteiger partial charge in [0.15, 0.2) is 11.5 Å². The lowest BCUT2D eigenvalue weighted by Crippen LogP contribution is -2.61. The standard InChI is InChI=1S/C52H69FN12O11/c1-31(57-6)48(68)61-45(52(3,4)5)51(70)64-29-34-24-36(10-8-33(34)25-41(64)47(56)67)75-23-22-74-21-20-73-19-18-72-17-16-71-15-12-43(66)58-13-14-65-42-30-63(7)50(69)37-11-9-35(53)26-38(37)32(2)76-49-46(55)59-28-40(60-49)44(42)39(27-54)62-65/h8-11,24,26,28,31-32,41,45,57H,12-23,25,29-30H2,1-7H3,(H2,55,59)(H2,56,67)(H,58,66)(H,61,68)/t31-,32-,41-,45+/m1/s1. The number of likely N-dealkylation sites (N-methyl/N-ethyl adjacent to an activating group) is 1. The van der Waals surface area contributed by atoms with Gasteiger partial charge >= 0.3 is 0 Å². The van der Waals surface area contributed by atoms with Gasteiger partial charge in [-0.15, -0.1) is 0 Å². The van der Waals surface area contributed by atoms with Crippen LogP contribution in [0.3, 0.4) is 0 Å². The van der Waals surface area contributed by atoms with Crippen LogP contribution in [0.25, 0.3) is 11.3 Å². The smallest absolute Gasteiger partial charge is 0.258 e. The number of hydrogen-bond acceptors (Lipinski definition) is 17. The summed E-state index contributed by atoms with van der Waals surface area (Å²) in [5.74, 6) is -2.12. The molecule has 0 unspecified atom stereocenters. The van der Waals surface area contributed by atoms with E-state index in [1.54, 1.807) is 34.0 Å². The van der Waals surface area contributed by atoms with E-state index in [4.69, 9.17) is 39.9 Å². The van der Waals surface area contributed by atoms with Crippen LogP contribution in [0.4, 0.5) is 10.2 Å². The Labute approximate surface area is 441 Å². The molecule has 2 aromatic heterocycles. The van der Waals surface area contributed by atoms with Crippen LogP contribution in [-0.2, 0) is 64.2 Å². The van der Waals surface area contributed by atoms with Crippen LogP contribution in [0.1, 0.15) is 85.6 Å². The van der Waals surface area contributed by atoms with Gasteiger partial charge in [-0.2, -0.15) is 10.4 Å². The van der Waals surface area contributed by atoms with Crippen LogP contribution in [0.2, 0.25) is 0 Å². The van der Waals surface area contributed by atoms with Crippen LogP contribution in [0.5, 0.6) is 11.6 Å². The molecule has 23 nitrogen and oxygen atoms in total. The molecule has 7 N–H and O–H groups in total. The number of anilines is 1. The van der Waals surface area contributed by atoms with Gasteiger partial charge in [-0.3, -0.25) is 28.7 Å². The molecular weight excluding hydrogens is 988 g/mol. The molecule has 0 fully saturated rings. The van der Waals surface area contributed by atoms with Crippen molar-refractivity contribution in [2.75, 3.05) is 85.8 Å². The predicted octanol–water partition coefficient (Wildman–Crippen LogP) is 2.19. The van der Waals surface area contributed by atoms with E-state index in [0.717, 1.165) is 11.1 Å². The summed E-state index contributed by atoms with van der Waals surface area (Å²) in [6.07, 6.45) is 0.871. The molecule has 0 saturated carbocycles. The van der Waals surface area contributed by atoms with Gasteiger partial charge in [-0.1, -0.05) is 26.8 Å². The van der Waals surface area contributed by atoms with Crippen molar-refractivity contribution < 1.29 is 56.8 Å². The molecule has 0 aliphatic carbocycles.